The van der Waals surface area contributed by atoms with Gasteiger partial charge in [0.25, 0.3) is 0 Å². The topological polar surface area (TPSA) is 38.0 Å². The van der Waals surface area contributed by atoms with E-state index in [4.69, 9.17) is 5.73 Å². The molecule has 1 aliphatic carbocycles. The molecule has 17 heavy (non-hydrogen) atoms. The molecule has 1 atom stereocenters. The minimum absolute atomic E-state index is 0.0760. The van der Waals surface area contributed by atoms with Crippen LogP contribution in [-0.4, -0.2) is 13.6 Å². The highest BCUT2D eigenvalue weighted by atomic mass is 19.1. The summed E-state index contributed by atoms with van der Waals surface area (Å²) in [7, 11) is 1.87. The van der Waals surface area contributed by atoms with Crippen LogP contribution < -0.4 is 11.1 Å². The molecule has 4 heteroatoms. The lowest BCUT2D eigenvalue weighted by molar-refractivity contribution is 0.0929. The number of halogens is 2. The van der Waals surface area contributed by atoms with Gasteiger partial charge in [0.2, 0.25) is 0 Å². The predicted octanol–water partition coefficient (Wildman–Crippen LogP) is 2.35. The van der Waals surface area contributed by atoms with Crippen LogP contribution in [0, 0.1) is 17.0 Å². The van der Waals surface area contributed by atoms with Crippen LogP contribution >= 0.6 is 0 Å². The van der Waals surface area contributed by atoms with Crippen LogP contribution in [0.15, 0.2) is 18.2 Å². The van der Waals surface area contributed by atoms with Crippen molar-refractivity contribution < 1.29 is 8.78 Å². The summed E-state index contributed by atoms with van der Waals surface area (Å²) >= 11 is 0. The second kappa shape index (κ2) is 4.70. The summed E-state index contributed by atoms with van der Waals surface area (Å²) in [6.45, 7) is 0.769. The van der Waals surface area contributed by atoms with E-state index >= 15 is 0 Å². The molecule has 1 aromatic rings. The minimum Gasteiger partial charge on any atom is -0.323 e. The highest BCUT2D eigenvalue weighted by Gasteiger charge is 2.43. The van der Waals surface area contributed by atoms with Crippen molar-refractivity contribution in [2.24, 2.45) is 11.1 Å². The van der Waals surface area contributed by atoms with Gasteiger partial charge in [-0.3, -0.25) is 0 Å². The molecule has 1 aromatic carbocycles. The second-order valence-electron chi connectivity index (χ2n) is 4.89. The van der Waals surface area contributed by atoms with Gasteiger partial charge in [0.05, 0.1) is 0 Å². The molecule has 0 aliphatic heterocycles. The number of nitrogens with two attached hydrogens (primary N) is 1. The van der Waals surface area contributed by atoms with E-state index in [9.17, 15) is 8.78 Å². The Hall–Kier alpha value is -1.00. The molecular formula is C13H18F2N2. The van der Waals surface area contributed by atoms with Gasteiger partial charge in [-0.1, -0.05) is 12.5 Å². The Balaban J connectivity index is 2.26. The standard InChI is InChI=1S/C13H18F2N2/c1-17-8-13(5-2-6-13)12(16)10-4-3-9(14)7-11(10)15/h3-4,7,12,17H,2,5-6,8,16H2,1H3. The summed E-state index contributed by atoms with van der Waals surface area (Å²) in [4.78, 5) is 0. The molecule has 0 amide bonds. The molecule has 3 N–H and O–H groups in total. The van der Waals surface area contributed by atoms with E-state index in [1.807, 2.05) is 7.05 Å². The Bertz CT molecular complexity index is 402. The average Bonchev–Trinajstić information content (AvgIpc) is 2.22. The lowest BCUT2D eigenvalue weighted by Gasteiger charge is -2.46. The summed E-state index contributed by atoms with van der Waals surface area (Å²) in [6, 6.07) is 3.26. The molecule has 1 unspecified atom stereocenters. The maximum absolute atomic E-state index is 13.7. The van der Waals surface area contributed by atoms with Gasteiger partial charge in [0.1, 0.15) is 11.6 Å². The van der Waals surface area contributed by atoms with Crippen molar-refractivity contribution in [1.82, 2.24) is 5.32 Å². The van der Waals surface area contributed by atoms with Crippen LogP contribution in [0.3, 0.4) is 0 Å². The van der Waals surface area contributed by atoms with E-state index in [1.54, 1.807) is 0 Å². The molecule has 0 aromatic heterocycles. The predicted molar refractivity (Wildman–Crippen MR) is 63.5 cm³/mol. The van der Waals surface area contributed by atoms with Gasteiger partial charge in [-0.15, -0.1) is 0 Å². The van der Waals surface area contributed by atoms with Crippen LogP contribution in [0.2, 0.25) is 0 Å². The molecule has 0 saturated heterocycles. The zero-order valence-electron chi connectivity index (χ0n) is 9.97. The Labute approximate surface area is 100 Å². The third-order valence-corrected chi connectivity index (χ3v) is 3.84. The number of benzene rings is 1. The van der Waals surface area contributed by atoms with E-state index in [2.05, 4.69) is 5.32 Å². The molecule has 1 fully saturated rings. The summed E-state index contributed by atoms with van der Waals surface area (Å²) in [5.74, 6) is -1.10. The fourth-order valence-corrected chi connectivity index (χ4v) is 2.66. The second-order valence-corrected chi connectivity index (χ2v) is 4.89. The van der Waals surface area contributed by atoms with E-state index < -0.39 is 11.6 Å². The molecule has 0 bridgehead atoms. The molecular weight excluding hydrogens is 222 g/mol. The van der Waals surface area contributed by atoms with E-state index in [0.29, 0.717) is 5.56 Å². The van der Waals surface area contributed by atoms with Crippen LogP contribution in [0.1, 0.15) is 30.9 Å². The molecule has 0 spiro atoms. The van der Waals surface area contributed by atoms with Gasteiger partial charge in [-0.05, 0) is 26.0 Å². The Morgan fingerprint density at radius 1 is 1.41 bits per heavy atom. The first-order valence-corrected chi connectivity index (χ1v) is 5.94. The monoisotopic (exact) mass is 240 g/mol. The lowest BCUT2D eigenvalue weighted by atomic mass is 9.62. The van der Waals surface area contributed by atoms with Gasteiger partial charge in [-0.25, -0.2) is 8.78 Å². The fraction of sp³-hybridized carbons (Fsp3) is 0.538. The van der Waals surface area contributed by atoms with Crippen LogP contribution in [0.25, 0.3) is 0 Å². The first-order valence-electron chi connectivity index (χ1n) is 5.94. The van der Waals surface area contributed by atoms with Gasteiger partial charge in [0, 0.05) is 29.6 Å². The molecule has 1 aliphatic rings. The molecule has 94 valence electrons. The normalized spacial score (nSPS) is 19.8. The smallest absolute Gasteiger partial charge is 0.130 e. The van der Waals surface area contributed by atoms with Crippen molar-refractivity contribution in [1.29, 1.82) is 0 Å². The molecule has 0 radical (unpaired) electrons. The highest BCUT2D eigenvalue weighted by Crippen LogP contribution is 2.49. The molecule has 2 nitrogen and oxygen atoms in total. The van der Waals surface area contributed by atoms with Crippen molar-refractivity contribution in [3.8, 4) is 0 Å². The molecule has 1 saturated carbocycles. The van der Waals surface area contributed by atoms with Crippen molar-refractivity contribution in [2.75, 3.05) is 13.6 Å². The largest absolute Gasteiger partial charge is 0.323 e. The number of nitrogens with one attached hydrogen (secondary N) is 1. The SMILES string of the molecule is CNCC1(C(N)c2ccc(F)cc2F)CCC1. The molecule has 0 heterocycles. The maximum atomic E-state index is 13.7. The van der Waals surface area contributed by atoms with Crippen LogP contribution in [0.5, 0.6) is 0 Å². The van der Waals surface area contributed by atoms with Gasteiger partial charge in [0.15, 0.2) is 0 Å². The van der Waals surface area contributed by atoms with E-state index in [0.717, 1.165) is 31.9 Å². The van der Waals surface area contributed by atoms with E-state index in [-0.39, 0.29) is 11.5 Å². The fourth-order valence-electron chi connectivity index (χ4n) is 2.66. The average molecular weight is 240 g/mol. The quantitative estimate of drug-likeness (QED) is 0.847. The van der Waals surface area contributed by atoms with Crippen molar-refractivity contribution in [3.05, 3.63) is 35.4 Å². The Morgan fingerprint density at radius 3 is 2.59 bits per heavy atom. The lowest BCUT2D eigenvalue weighted by Crippen LogP contribution is -2.47. The van der Waals surface area contributed by atoms with Crippen molar-refractivity contribution in [3.63, 3.8) is 0 Å². The zero-order chi connectivity index (χ0) is 12.5. The van der Waals surface area contributed by atoms with Gasteiger partial charge >= 0.3 is 0 Å². The van der Waals surface area contributed by atoms with E-state index in [1.165, 1.54) is 12.1 Å². The maximum Gasteiger partial charge on any atom is 0.130 e. The van der Waals surface area contributed by atoms with Gasteiger partial charge in [-0.2, -0.15) is 0 Å². The molecule has 2 rings (SSSR count). The summed E-state index contributed by atoms with van der Waals surface area (Å²) < 4.78 is 26.5. The Kier molecular flexibility index (Phi) is 3.45. The van der Waals surface area contributed by atoms with Crippen molar-refractivity contribution >= 4 is 0 Å². The first-order chi connectivity index (χ1) is 8.09. The van der Waals surface area contributed by atoms with Crippen LogP contribution in [0.4, 0.5) is 8.78 Å². The zero-order valence-corrected chi connectivity index (χ0v) is 9.97. The number of hydrogen-bond acceptors (Lipinski definition) is 2. The third kappa shape index (κ3) is 2.19. The van der Waals surface area contributed by atoms with Crippen molar-refractivity contribution in [2.45, 2.75) is 25.3 Å². The highest BCUT2D eigenvalue weighted by molar-refractivity contribution is 5.25. The number of hydrogen-bond donors (Lipinski definition) is 2. The summed E-state index contributed by atoms with van der Waals surface area (Å²) in [6.07, 6.45) is 3.11. The minimum atomic E-state index is -0.560. The first kappa shape index (κ1) is 12.5. The third-order valence-electron chi connectivity index (χ3n) is 3.84. The number of rotatable bonds is 4. The Morgan fingerprint density at radius 2 is 2.12 bits per heavy atom. The summed E-state index contributed by atoms with van der Waals surface area (Å²) in [5.41, 5.74) is 6.51. The van der Waals surface area contributed by atoms with Crippen LogP contribution in [-0.2, 0) is 0 Å². The summed E-state index contributed by atoms with van der Waals surface area (Å²) in [5, 5.41) is 3.12. The van der Waals surface area contributed by atoms with Gasteiger partial charge < -0.3 is 11.1 Å².